The molecule has 1 amide bonds. The molecular weight excluding hydrogens is 424 g/mol. The number of anilines is 1. The number of aromatic nitrogens is 3. The van der Waals surface area contributed by atoms with E-state index in [4.69, 9.17) is 16.0 Å². The molecule has 0 spiro atoms. The number of hydrogen-bond donors (Lipinski definition) is 1. The van der Waals surface area contributed by atoms with Gasteiger partial charge in [0.25, 0.3) is 5.69 Å². The third kappa shape index (κ3) is 5.22. The maximum Gasteiger partial charge on any atom is 0.269 e. The average molecular weight is 443 g/mol. The Kier molecular flexibility index (Phi) is 6.19. The zero-order valence-corrected chi connectivity index (χ0v) is 17.2. The minimum atomic E-state index is -0.459. The van der Waals surface area contributed by atoms with Crippen molar-refractivity contribution in [1.29, 1.82) is 0 Å². The van der Waals surface area contributed by atoms with E-state index in [1.165, 1.54) is 18.3 Å². The summed E-state index contributed by atoms with van der Waals surface area (Å²) in [6.45, 7) is 1.93. The fourth-order valence-corrected chi connectivity index (χ4v) is 3.49. The van der Waals surface area contributed by atoms with Gasteiger partial charge in [0.2, 0.25) is 17.7 Å². The van der Waals surface area contributed by atoms with E-state index in [1.54, 1.807) is 24.3 Å². The first-order valence-electron chi connectivity index (χ1n) is 9.70. The lowest BCUT2D eigenvalue weighted by Crippen LogP contribution is -2.37. The lowest BCUT2D eigenvalue weighted by molar-refractivity contribution is -0.384. The van der Waals surface area contributed by atoms with Crippen LogP contribution in [0.25, 0.3) is 11.5 Å². The number of nitro groups is 1. The molecule has 10 nitrogen and oxygen atoms in total. The van der Waals surface area contributed by atoms with Crippen LogP contribution in [-0.4, -0.2) is 44.0 Å². The number of rotatable bonds is 6. The molecule has 160 valence electrons. The third-order valence-electron chi connectivity index (χ3n) is 5.09. The van der Waals surface area contributed by atoms with Gasteiger partial charge >= 0.3 is 0 Å². The highest BCUT2D eigenvalue weighted by molar-refractivity contribution is 6.30. The predicted molar refractivity (Wildman–Crippen MR) is 112 cm³/mol. The highest BCUT2D eigenvalue weighted by Crippen LogP contribution is 2.24. The summed E-state index contributed by atoms with van der Waals surface area (Å²) in [4.78, 5) is 29.0. The zero-order valence-electron chi connectivity index (χ0n) is 16.4. The number of nitrogens with one attached hydrogen (secondary N) is 1. The van der Waals surface area contributed by atoms with Gasteiger partial charge in [0, 0.05) is 29.8 Å². The Bertz CT molecular complexity index is 1060. The molecule has 0 unspecified atom stereocenters. The topological polar surface area (TPSA) is 127 Å². The minimum absolute atomic E-state index is 0.00207. The molecule has 1 aromatic carbocycles. The largest absolute Gasteiger partial charge is 0.419 e. The molecule has 11 heteroatoms. The van der Waals surface area contributed by atoms with Crippen LogP contribution in [0, 0.1) is 16.0 Å². The molecule has 3 heterocycles. The van der Waals surface area contributed by atoms with Crippen molar-refractivity contribution in [3.05, 3.63) is 63.6 Å². The Morgan fingerprint density at radius 1 is 1.19 bits per heavy atom. The van der Waals surface area contributed by atoms with Crippen LogP contribution >= 0.6 is 11.6 Å². The van der Waals surface area contributed by atoms with Gasteiger partial charge in [-0.05, 0) is 50.2 Å². The molecule has 1 fully saturated rings. The van der Waals surface area contributed by atoms with Crippen molar-refractivity contribution in [3.8, 4) is 11.5 Å². The molecule has 1 aliphatic rings. The Morgan fingerprint density at radius 2 is 1.94 bits per heavy atom. The number of nitro benzene ring substituents is 1. The van der Waals surface area contributed by atoms with Crippen molar-refractivity contribution < 1.29 is 14.1 Å². The maximum atomic E-state index is 12.5. The van der Waals surface area contributed by atoms with Crippen LogP contribution in [0.4, 0.5) is 11.5 Å². The Morgan fingerprint density at radius 3 is 2.58 bits per heavy atom. The molecule has 4 rings (SSSR count). The van der Waals surface area contributed by atoms with Crippen LogP contribution in [0.1, 0.15) is 18.7 Å². The standard InChI is InChI=1S/C20H19ClN6O4/c21-15-3-6-17(22-11-15)23-19(28)13-7-9-26(10-8-13)12-18-24-25-20(31-18)14-1-4-16(5-2-14)27(29)30/h1-6,11,13H,7-10,12H2,(H,22,23,28). The van der Waals surface area contributed by atoms with Gasteiger partial charge < -0.3 is 9.73 Å². The molecule has 0 aliphatic carbocycles. The van der Waals surface area contributed by atoms with Gasteiger partial charge in [-0.25, -0.2) is 4.98 Å². The summed E-state index contributed by atoms with van der Waals surface area (Å²) in [6.07, 6.45) is 2.92. The first-order valence-corrected chi connectivity index (χ1v) is 10.1. The summed E-state index contributed by atoms with van der Waals surface area (Å²) in [6, 6.07) is 9.31. The third-order valence-corrected chi connectivity index (χ3v) is 5.31. The Hall–Kier alpha value is -3.37. The number of non-ortho nitro benzene ring substituents is 1. The second kappa shape index (κ2) is 9.19. The van der Waals surface area contributed by atoms with E-state index in [-0.39, 0.29) is 17.5 Å². The average Bonchev–Trinajstić information content (AvgIpc) is 3.24. The quantitative estimate of drug-likeness (QED) is 0.453. The lowest BCUT2D eigenvalue weighted by atomic mass is 9.96. The number of pyridine rings is 1. The molecule has 1 saturated heterocycles. The number of likely N-dealkylation sites (tertiary alicyclic amines) is 1. The van der Waals surface area contributed by atoms with E-state index < -0.39 is 4.92 Å². The van der Waals surface area contributed by atoms with E-state index in [0.717, 1.165) is 13.1 Å². The number of piperidine rings is 1. The zero-order chi connectivity index (χ0) is 21.8. The van der Waals surface area contributed by atoms with Crippen molar-refractivity contribution in [1.82, 2.24) is 20.1 Å². The maximum absolute atomic E-state index is 12.5. The summed E-state index contributed by atoms with van der Waals surface area (Å²) >= 11 is 5.81. The highest BCUT2D eigenvalue weighted by Gasteiger charge is 2.26. The van der Waals surface area contributed by atoms with Crippen LogP contribution in [-0.2, 0) is 11.3 Å². The van der Waals surface area contributed by atoms with E-state index in [2.05, 4.69) is 25.4 Å². The van der Waals surface area contributed by atoms with Crippen LogP contribution in [0.2, 0.25) is 5.02 Å². The number of carbonyl (C=O) groups excluding carboxylic acids is 1. The van der Waals surface area contributed by atoms with Crippen LogP contribution < -0.4 is 5.32 Å². The Labute approximate surface area is 182 Å². The van der Waals surface area contributed by atoms with Gasteiger partial charge in [0.05, 0.1) is 16.5 Å². The van der Waals surface area contributed by atoms with E-state index in [0.29, 0.717) is 47.6 Å². The molecule has 31 heavy (non-hydrogen) atoms. The number of carbonyl (C=O) groups is 1. The number of benzene rings is 1. The fourth-order valence-electron chi connectivity index (χ4n) is 3.38. The highest BCUT2D eigenvalue weighted by atomic mass is 35.5. The monoisotopic (exact) mass is 442 g/mol. The number of amides is 1. The van der Waals surface area contributed by atoms with Crippen molar-refractivity contribution in [3.63, 3.8) is 0 Å². The number of halogens is 1. The van der Waals surface area contributed by atoms with Crippen molar-refractivity contribution >= 4 is 29.0 Å². The summed E-state index contributed by atoms with van der Waals surface area (Å²) in [5.41, 5.74) is 0.623. The van der Waals surface area contributed by atoms with Crippen LogP contribution in [0.5, 0.6) is 0 Å². The first-order chi connectivity index (χ1) is 15.0. The van der Waals surface area contributed by atoms with Gasteiger partial charge in [-0.3, -0.25) is 19.8 Å². The number of hydrogen-bond acceptors (Lipinski definition) is 8. The lowest BCUT2D eigenvalue weighted by Gasteiger charge is -2.30. The van der Waals surface area contributed by atoms with E-state index in [1.807, 2.05) is 0 Å². The predicted octanol–water partition coefficient (Wildman–Crippen LogP) is 3.54. The smallest absolute Gasteiger partial charge is 0.269 e. The second-order valence-corrected chi connectivity index (χ2v) is 7.64. The second-order valence-electron chi connectivity index (χ2n) is 7.21. The normalized spacial score (nSPS) is 15.0. The summed E-state index contributed by atoms with van der Waals surface area (Å²) in [5, 5.41) is 22.2. The fraction of sp³-hybridized carbons (Fsp3) is 0.300. The summed E-state index contributed by atoms with van der Waals surface area (Å²) < 4.78 is 5.70. The number of nitrogens with zero attached hydrogens (tertiary/aromatic N) is 5. The molecule has 0 atom stereocenters. The van der Waals surface area contributed by atoms with Crippen molar-refractivity contribution in [2.75, 3.05) is 18.4 Å². The Balaban J connectivity index is 1.28. The van der Waals surface area contributed by atoms with Crippen LogP contribution in [0.3, 0.4) is 0 Å². The molecule has 2 aromatic heterocycles. The minimum Gasteiger partial charge on any atom is -0.419 e. The van der Waals surface area contributed by atoms with Gasteiger partial charge in [0.1, 0.15) is 5.82 Å². The van der Waals surface area contributed by atoms with Gasteiger partial charge in [-0.2, -0.15) is 0 Å². The van der Waals surface area contributed by atoms with Crippen LogP contribution in [0.15, 0.2) is 47.0 Å². The van der Waals surface area contributed by atoms with Gasteiger partial charge in [0.15, 0.2) is 0 Å². The summed E-state index contributed by atoms with van der Waals surface area (Å²) in [7, 11) is 0. The van der Waals surface area contributed by atoms with Gasteiger partial charge in [-0.1, -0.05) is 11.6 Å². The molecule has 0 bridgehead atoms. The van der Waals surface area contributed by atoms with Crippen molar-refractivity contribution in [2.45, 2.75) is 19.4 Å². The van der Waals surface area contributed by atoms with E-state index in [9.17, 15) is 14.9 Å². The molecule has 3 aromatic rings. The first kappa shape index (κ1) is 20.9. The molecule has 0 saturated carbocycles. The molecule has 1 N–H and O–H groups in total. The van der Waals surface area contributed by atoms with Gasteiger partial charge in [-0.15, -0.1) is 10.2 Å². The molecule has 0 radical (unpaired) electrons. The van der Waals surface area contributed by atoms with E-state index >= 15 is 0 Å². The van der Waals surface area contributed by atoms with Crippen molar-refractivity contribution in [2.24, 2.45) is 5.92 Å². The SMILES string of the molecule is O=C(Nc1ccc(Cl)cn1)C1CCN(Cc2nnc(-c3ccc([N+](=O)[O-])cc3)o2)CC1. The molecular formula is C20H19ClN6O4. The summed E-state index contributed by atoms with van der Waals surface area (Å²) in [5.74, 6) is 1.12. The molecule has 1 aliphatic heterocycles.